The van der Waals surface area contributed by atoms with E-state index in [1.54, 1.807) is 6.92 Å². The second-order valence-electron chi connectivity index (χ2n) is 3.20. The Morgan fingerprint density at radius 3 is 2.71 bits per heavy atom. The standard InChI is InChI=1S/C10H12INO2/c1-10(12,9(13)14-2)7-4-3-5-8(11)6-7/h3-6H,12H2,1-2H3. The average molecular weight is 305 g/mol. The molecule has 0 aliphatic heterocycles. The van der Waals surface area contributed by atoms with Crippen LogP contribution in [0.3, 0.4) is 0 Å². The number of rotatable bonds is 2. The van der Waals surface area contributed by atoms with Gasteiger partial charge in [0.25, 0.3) is 0 Å². The number of esters is 1. The van der Waals surface area contributed by atoms with Crippen LogP contribution in [-0.4, -0.2) is 13.1 Å². The van der Waals surface area contributed by atoms with Crippen molar-refractivity contribution in [3.63, 3.8) is 0 Å². The normalized spacial score (nSPS) is 14.6. The molecule has 0 saturated carbocycles. The van der Waals surface area contributed by atoms with Crippen LogP contribution in [0.1, 0.15) is 12.5 Å². The number of methoxy groups -OCH3 is 1. The fourth-order valence-corrected chi connectivity index (χ4v) is 1.68. The zero-order valence-electron chi connectivity index (χ0n) is 8.08. The molecule has 0 radical (unpaired) electrons. The van der Waals surface area contributed by atoms with E-state index in [0.717, 1.165) is 9.13 Å². The smallest absolute Gasteiger partial charge is 0.330 e. The van der Waals surface area contributed by atoms with E-state index >= 15 is 0 Å². The summed E-state index contributed by atoms with van der Waals surface area (Å²) >= 11 is 2.17. The molecule has 0 spiro atoms. The maximum atomic E-state index is 11.4. The summed E-state index contributed by atoms with van der Waals surface area (Å²) in [5, 5.41) is 0. The summed E-state index contributed by atoms with van der Waals surface area (Å²) in [7, 11) is 1.33. The van der Waals surface area contributed by atoms with Crippen LogP contribution in [0, 0.1) is 3.57 Å². The summed E-state index contributed by atoms with van der Waals surface area (Å²) in [6.45, 7) is 1.64. The average Bonchev–Trinajstić information content (AvgIpc) is 2.16. The fourth-order valence-electron chi connectivity index (χ4n) is 1.14. The Hall–Kier alpha value is -0.620. The lowest BCUT2D eigenvalue weighted by atomic mass is 9.93. The van der Waals surface area contributed by atoms with Gasteiger partial charge in [0.2, 0.25) is 0 Å². The van der Waals surface area contributed by atoms with Crippen LogP contribution in [0.4, 0.5) is 0 Å². The van der Waals surface area contributed by atoms with Crippen LogP contribution in [0.25, 0.3) is 0 Å². The first-order valence-corrected chi connectivity index (χ1v) is 5.19. The summed E-state index contributed by atoms with van der Waals surface area (Å²) in [5.74, 6) is -0.431. The van der Waals surface area contributed by atoms with E-state index in [1.165, 1.54) is 7.11 Å². The largest absolute Gasteiger partial charge is 0.467 e. The monoisotopic (exact) mass is 305 g/mol. The van der Waals surface area contributed by atoms with E-state index in [9.17, 15) is 4.79 Å². The van der Waals surface area contributed by atoms with Crippen molar-refractivity contribution in [2.45, 2.75) is 12.5 Å². The Kier molecular flexibility index (Phi) is 3.49. The molecule has 0 aromatic heterocycles. The van der Waals surface area contributed by atoms with Crippen LogP contribution in [0.5, 0.6) is 0 Å². The molecular weight excluding hydrogens is 293 g/mol. The van der Waals surface area contributed by atoms with Crippen LogP contribution in [0.2, 0.25) is 0 Å². The van der Waals surface area contributed by atoms with Crippen molar-refractivity contribution >= 4 is 28.6 Å². The number of hydrogen-bond acceptors (Lipinski definition) is 3. The highest BCUT2D eigenvalue weighted by molar-refractivity contribution is 14.1. The first-order valence-electron chi connectivity index (χ1n) is 4.12. The Balaban J connectivity index is 3.09. The van der Waals surface area contributed by atoms with E-state index in [-0.39, 0.29) is 0 Å². The van der Waals surface area contributed by atoms with Gasteiger partial charge in [0, 0.05) is 3.57 Å². The molecule has 14 heavy (non-hydrogen) atoms. The number of ether oxygens (including phenoxy) is 1. The molecule has 3 nitrogen and oxygen atoms in total. The summed E-state index contributed by atoms with van der Waals surface area (Å²) in [6, 6.07) is 7.50. The lowest BCUT2D eigenvalue weighted by molar-refractivity contribution is -0.146. The maximum absolute atomic E-state index is 11.4. The highest BCUT2D eigenvalue weighted by Gasteiger charge is 2.31. The number of carbonyl (C=O) groups is 1. The maximum Gasteiger partial charge on any atom is 0.330 e. The molecule has 4 heteroatoms. The second kappa shape index (κ2) is 4.27. The molecule has 2 N–H and O–H groups in total. The van der Waals surface area contributed by atoms with E-state index in [1.807, 2.05) is 24.3 Å². The predicted octanol–water partition coefficient (Wildman–Crippen LogP) is 1.64. The van der Waals surface area contributed by atoms with Gasteiger partial charge >= 0.3 is 5.97 Å². The third-order valence-electron chi connectivity index (χ3n) is 2.03. The van der Waals surface area contributed by atoms with E-state index in [4.69, 9.17) is 5.73 Å². The molecule has 1 aromatic rings. The SMILES string of the molecule is COC(=O)C(C)(N)c1cccc(I)c1. The molecule has 1 atom stereocenters. The highest BCUT2D eigenvalue weighted by Crippen LogP contribution is 2.20. The van der Waals surface area contributed by atoms with Crippen molar-refractivity contribution < 1.29 is 9.53 Å². The quantitative estimate of drug-likeness (QED) is 0.667. The van der Waals surface area contributed by atoms with Gasteiger partial charge in [-0.05, 0) is 47.2 Å². The lowest BCUT2D eigenvalue weighted by Crippen LogP contribution is -2.42. The summed E-state index contributed by atoms with van der Waals surface area (Å²) < 4.78 is 5.69. The van der Waals surface area contributed by atoms with Gasteiger partial charge in [-0.2, -0.15) is 0 Å². The second-order valence-corrected chi connectivity index (χ2v) is 4.45. The minimum Gasteiger partial charge on any atom is -0.467 e. The van der Waals surface area contributed by atoms with Crippen molar-refractivity contribution in [3.05, 3.63) is 33.4 Å². The third-order valence-corrected chi connectivity index (χ3v) is 2.70. The molecule has 0 amide bonds. The molecular formula is C10H12INO2. The summed E-state index contributed by atoms with van der Waals surface area (Å²) in [4.78, 5) is 11.4. The first-order chi connectivity index (χ1) is 6.48. The van der Waals surface area contributed by atoms with Crippen molar-refractivity contribution in [1.82, 2.24) is 0 Å². The number of nitrogens with two attached hydrogens (primary N) is 1. The lowest BCUT2D eigenvalue weighted by Gasteiger charge is -2.21. The van der Waals surface area contributed by atoms with Gasteiger partial charge in [-0.15, -0.1) is 0 Å². The fraction of sp³-hybridized carbons (Fsp3) is 0.300. The molecule has 1 aromatic carbocycles. The van der Waals surface area contributed by atoms with Crippen LogP contribution < -0.4 is 5.73 Å². The van der Waals surface area contributed by atoms with Crippen LogP contribution in [0.15, 0.2) is 24.3 Å². The van der Waals surface area contributed by atoms with Gasteiger partial charge in [-0.1, -0.05) is 12.1 Å². The third kappa shape index (κ3) is 2.24. The van der Waals surface area contributed by atoms with Crippen molar-refractivity contribution in [2.24, 2.45) is 5.73 Å². The molecule has 0 aliphatic carbocycles. The Morgan fingerprint density at radius 2 is 2.21 bits per heavy atom. The van der Waals surface area contributed by atoms with Crippen molar-refractivity contribution in [1.29, 1.82) is 0 Å². The molecule has 76 valence electrons. The van der Waals surface area contributed by atoms with E-state index < -0.39 is 11.5 Å². The summed E-state index contributed by atoms with van der Waals surface area (Å²) in [6.07, 6.45) is 0. The van der Waals surface area contributed by atoms with Crippen LogP contribution >= 0.6 is 22.6 Å². The molecule has 1 rings (SSSR count). The van der Waals surface area contributed by atoms with Gasteiger partial charge in [0.1, 0.15) is 5.54 Å². The molecule has 0 saturated heterocycles. The zero-order valence-corrected chi connectivity index (χ0v) is 10.2. The molecule has 1 unspecified atom stereocenters. The molecule has 0 fully saturated rings. The van der Waals surface area contributed by atoms with Gasteiger partial charge in [-0.3, -0.25) is 0 Å². The van der Waals surface area contributed by atoms with Gasteiger partial charge in [0.05, 0.1) is 7.11 Å². The number of benzene rings is 1. The topological polar surface area (TPSA) is 52.3 Å². The molecule has 0 bridgehead atoms. The number of halogens is 1. The van der Waals surface area contributed by atoms with E-state index in [2.05, 4.69) is 27.3 Å². The Bertz CT molecular complexity index is 350. The van der Waals surface area contributed by atoms with Gasteiger partial charge < -0.3 is 10.5 Å². The summed E-state index contributed by atoms with van der Waals surface area (Å²) in [5.41, 5.74) is 5.57. The number of hydrogen-bond donors (Lipinski definition) is 1. The van der Waals surface area contributed by atoms with Gasteiger partial charge in [0.15, 0.2) is 0 Å². The Labute approximate surface area is 96.8 Å². The zero-order chi connectivity index (χ0) is 10.8. The molecule has 0 heterocycles. The van der Waals surface area contributed by atoms with Crippen molar-refractivity contribution in [3.8, 4) is 0 Å². The predicted molar refractivity (Wildman–Crippen MR) is 62.7 cm³/mol. The Morgan fingerprint density at radius 1 is 1.57 bits per heavy atom. The first kappa shape index (κ1) is 11.5. The van der Waals surface area contributed by atoms with E-state index in [0.29, 0.717) is 0 Å². The van der Waals surface area contributed by atoms with Crippen LogP contribution in [-0.2, 0) is 15.1 Å². The minimum absolute atomic E-state index is 0.431. The molecule has 0 aliphatic rings. The highest BCUT2D eigenvalue weighted by atomic mass is 127. The minimum atomic E-state index is -1.07. The number of carbonyl (C=O) groups excluding carboxylic acids is 1. The van der Waals surface area contributed by atoms with Gasteiger partial charge in [-0.25, -0.2) is 4.79 Å². The van der Waals surface area contributed by atoms with Crippen molar-refractivity contribution in [2.75, 3.05) is 7.11 Å².